The average Bonchev–Trinajstić information content (AvgIpc) is 3.13. The van der Waals surface area contributed by atoms with Crippen LogP contribution in [-0.4, -0.2) is 24.5 Å². The number of aromatic amines is 1. The number of imidazole rings is 1. The van der Waals surface area contributed by atoms with E-state index < -0.39 is 0 Å². The highest BCUT2D eigenvalue weighted by atomic mass is 16.1. The summed E-state index contributed by atoms with van der Waals surface area (Å²) in [7, 11) is 0. The molecule has 1 saturated carbocycles. The summed E-state index contributed by atoms with van der Waals surface area (Å²) in [4.78, 5) is 28.1. The maximum absolute atomic E-state index is 12.2. The molecule has 0 aromatic carbocycles. The molecular weight excluding hydrogens is 266 g/mol. The molecule has 3 aromatic heterocycles. The molecule has 0 saturated heterocycles. The molecule has 0 atom stereocenters. The van der Waals surface area contributed by atoms with Gasteiger partial charge in [-0.15, -0.1) is 0 Å². The second-order valence-electron chi connectivity index (χ2n) is 5.41. The van der Waals surface area contributed by atoms with Crippen LogP contribution >= 0.6 is 0 Å². The molecule has 6 nitrogen and oxygen atoms in total. The molecule has 0 aliphatic heterocycles. The number of aromatic nitrogens is 5. The van der Waals surface area contributed by atoms with Crippen LogP contribution in [-0.2, 0) is 0 Å². The van der Waals surface area contributed by atoms with E-state index in [1.807, 2.05) is 12.1 Å². The molecule has 1 fully saturated rings. The molecule has 0 radical (unpaired) electrons. The summed E-state index contributed by atoms with van der Waals surface area (Å²) < 4.78 is 1.77. The molecule has 0 unspecified atom stereocenters. The zero-order chi connectivity index (χ0) is 14.2. The second-order valence-corrected chi connectivity index (χ2v) is 5.41. The molecule has 0 spiro atoms. The lowest BCUT2D eigenvalue weighted by Crippen LogP contribution is -2.20. The SMILES string of the molecule is O=c1[nH]c2ncc(-c3cccnc3)nc2n1C1CCCC1. The van der Waals surface area contributed by atoms with Gasteiger partial charge in [0.1, 0.15) is 0 Å². The van der Waals surface area contributed by atoms with Crippen LogP contribution in [0.1, 0.15) is 31.7 Å². The third-order valence-corrected chi connectivity index (χ3v) is 4.07. The van der Waals surface area contributed by atoms with E-state index in [-0.39, 0.29) is 11.7 Å². The number of hydrogen-bond acceptors (Lipinski definition) is 4. The van der Waals surface area contributed by atoms with Crippen molar-refractivity contribution in [1.29, 1.82) is 0 Å². The van der Waals surface area contributed by atoms with Crippen LogP contribution in [0.2, 0.25) is 0 Å². The number of nitrogens with one attached hydrogen (secondary N) is 1. The molecule has 4 rings (SSSR count). The van der Waals surface area contributed by atoms with Gasteiger partial charge in [0.15, 0.2) is 11.3 Å². The van der Waals surface area contributed by atoms with Crippen LogP contribution in [0.4, 0.5) is 0 Å². The van der Waals surface area contributed by atoms with Gasteiger partial charge >= 0.3 is 5.69 Å². The Hall–Kier alpha value is -2.50. The molecule has 1 N–H and O–H groups in total. The van der Waals surface area contributed by atoms with Crippen molar-refractivity contribution >= 4 is 11.3 Å². The third kappa shape index (κ3) is 2.03. The maximum Gasteiger partial charge on any atom is 0.329 e. The summed E-state index contributed by atoms with van der Waals surface area (Å²) in [6, 6.07) is 4.04. The Morgan fingerprint density at radius 3 is 2.86 bits per heavy atom. The van der Waals surface area contributed by atoms with Gasteiger partial charge in [0.2, 0.25) is 0 Å². The topological polar surface area (TPSA) is 76.5 Å². The van der Waals surface area contributed by atoms with E-state index in [4.69, 9.17) is 0 Å². The van der Waals surface area contributed by atoms with E-state index in [9.17, 15) is 4.79 Å². The Bertz CT molecular complexity index is 830. The molecular formula is C15H15N5O. The quantitative estimate of drug-likeness (QED) is 0.782. The first-order valence-corrected chi connectivity index (χ1v) is 7.20. The number of H-pyrrole nitrogens is 1. The number of hydrogen-bond donors (Lipinski definition) is 1. The zero-order valence-electron chi connectivity index (χ0n) is 11.5. The van der Waals surface area contributed by atoms with Crippen molar-refractivity contribution in [1.82, 2.24) is 24.5 Å². The van der Waals surface area contributed by atoms with Gasteiger partial charge in [-0.2, -0.15) is 0 Å². The Morgan fingerprint density at radius 1 is 1.24 bits per heavy atom. The monoisotopic (exact) mass is 281 g/mol. The maximum atomic E-state index is 12.2. The van der Waals surface area contributed by atoms with E-state index in [1.165, 1.54) is 12.8 Å². The van der Waals surface area contributed by atoms with E-state index in [2.05, 4.69) is 19.9 Å². The summed E-state index contributed by atoms with van der Waals surface area (Å²) in [6.07, 6.45) is 9.55. The Kier molecular flexibility index (Phi) is 2.80. The smallest absolute Gasteiger partial charge is 0.289 e. The van der Waals surface area contributed by atoms with Crippen LogP contribution in [0.5, 0.6) is 0 Å². The van der Waals surface area contributed by atoms with E-state index in [1.54, 1.807) is 23.2 Å². The lowest BCUT2D eigenvalue weighted by Gasteiger charge is -2.10. The van der Waals surface area contributed by atoms with Gasteiger partial charge in [-0.3, -0.25) is 14.5 Å². The van der Waals surface area contributed by atoms with Crippen molar-refractivity contribution < 1.29 is 0 Å². The van der Waals surface area contributed by atoms with Crippen LogP contribution in [0.25, 0.3) is 22.6 Å². The normalized spacial score (nSPS) is 15.8. The fourth-order valence-corrected chi connectivity index (χ4v) is 3.05. The number of nitrogens with zero attached hydrogens (tertiary/aromatic N) is 4. The van der Waals surface area contributed by atoms with Gasteiger partial charge in [0, 0.05) is 24.0 Å². The fourth-order valence-electron chi connectivity index (χ4n) is 3.05. The fraction of sp³-hybridized carbons (Fsp3) is 0.333. The molecule has 1 aliphatic carbocycles. The molecule has 3 aromatic rings. The Morgan fingerprint density at radius 2 is 2.10 bits per heavy atom. The minimum atomic E-state index is -0.111. The molecule has 106 valence electrons. The van der Waals surface area contributed by atoms with Gasteiger partial charge in [-0.25, -0.2) is 14.8 Å². The third-order valence-electron chi connectivity index (χ3n) is 4.07. The van der Waals surface area contributed by atoms with E-state index in [0.717, 1.165) is 24.1 Å². The number of pyridine rings is 1. The number of rotatable bonds is 2. The lowest BCUT2D eigenvalue weighted by molar-refractivity contribution is 0.515. The van der Waals surface area contributed by atoms with E-state index in [0.29, 0.717) is 11.3 Å². The van der Waals surface area contributed by atoms with Crippen molar-refractivity contribution in [3.05, 3.63) is 41.2 Å². The summed E-state index contributed by atoms with van der Waals surface area (Å²) in [6.45, 7) is 0. The summed E-state index contributed by atoms with van der Waals surface area (Å²) >= 11 is 0. The molecule has 6 heteroatoms. The standard InChI is InChI=1S/C15H15N5O/c21-15-19-13-14(20(15)11-5-1-2-6-11)18-12(9-17-13)10-4-3-7-16-8-10/h3-4,7-9,11H,1-2,5-6H2,(H,17,19,21). The van der Waals surface area contributed by atoms with Crippen LogP contribution in [0.3, 0.4) is 0 Å². The molecule has 0 bridgehead atoms. The largest absolute Gasteiger partial charge is 0.329 e. The second kappa shape index (κ2) is 4.80. The van der Waals surface area contributed by atoms with Crippen LogP contribution < -0.4 is 5.69 Å². The molecule has 1 aliphatic rings. The first-order chi connectivity index (χ1) is 10.3. The minimum absolute atomic E-state index is 0.111. The van der Waals surface area contributed by atoms with Gasteiger partial charge < -0.3 is 0 Å². The Balaban J connectivity index is 1.90. The zero-order valence-corrected chi connectivity index (χ0v) is 11.5. The highest BCUT2D eigenvalue weighted by Gasteiger charge is 2.22. The first kappa shape index (κ1) is 12.3. The van der Waals surface area contributed by atoms with Crippen molar-refractivity contribution in [2.45, 2.75) is 31.7 Å². The predicted octanol–water partition coefficient (Wildman–Crippen LogP) is 2.30. The van der Waals surface area contributed by atoms with Gasteiger partial charge in [-0.05, 0) is 25.0 Å². The summed E-state index contributed by atoms with van der Waals surface area (Å²) in [5, 5.41) is 0. The molecule has 0 amide bonds. The average molecular weight is 281 g/mol. The number of fused-ring (bicyclic) bond motifs is 1. The molecule has 21 heavy (non-hydrogen) atoms. The van der Waals surface area contributed by atoms with Gasteiger partial charge in [0.25, 0.3) is 0 Å². The summed E-state index contributed by atoms with van der Waals surface area (Å²) in [5.74, 6) is 0. The van der Waals surface area contributed by atoms with Crippen molar-refractivity contribution in [3.63, 3.8) is 0 Å². The van der Waals surface area contributed by atoms with Crippen molar-refractivity contribution in [2.24, 2.45) is 0 Å². The predicted molar refractivity (Wildman–Crippen MR) is 78.9 cm³/mol. The van der Waals surface area contributed by atoms with E-state index >= 15 is 0 Å². The Labute approximate surface area is 120 Å². The minimum Gasteiger partial charge on any atom is -0.289 e. The molecule has 3 heterocycles. The van der Waals surface area contributed by atoms with Gasteiger partial charge in [0.05, 0.1) is 11.9 Å². The van der Waals surface area contributed by atoms with Crippen LogP contribution in [0.15, 0.2) is 35.5 Å². The van der Waals surface area contributed by atoms with Gasteiger partial charge in [-0.1, -0.05) is 12.8 Å². The highest BCUT2D eigenvalue weighted by Crippen LogP contribution is 2.30. The lowest BCUT2D eigenvalue weighted by atomic mass is 10.2. The highest BCUT2D eigenvalue weighted by molar-refractivity contribution is 5.70. The summed E-state index contributed by atoms with van der Waals surface area (Å²) in [5.41, 5.74) is 2.73. The van der Waals surface area contributed by atoms with Crippen LogP contribution in [0, 0.1) is 0 Å². The van der Waals surface area contributed by atoms with Crippen molar-refractivity contribution in [2.75, 3.05) is 0 Å². The first-order valence-electron chi connectivity index (χ1n) is 7.20. The van der Waals surface area contributed by atoms with Crippen molar-refractivity contribution in [3.8, 4) is 11.3 Å².